The maximum Gasteiger partial charge on any atom is 0.352 e. The van der Waals surface area contributed by atoms with Gasteiger partial charge in [0.15, 0.2) is 11.5 Å². The first-order valence-electron chi connectivity index (χ1n) is 26.1. The van der Waals surface area contributed by atoms with Gasteiger partial charge in [0.25, 0.3) is 5.88 Å². The summed E-state index contributed by atoms with van der Waals surface area (Å²) >= 11 is 7.08. The smallest absolute Gasteiger partial charge is 0.352 e. The van der Waals surface area contributed by atoms with E-state index in [-0.39, 0.29) is 47.7 Å². The second-order valence-corrected chi connectivity index (χ2v) is 21.5. The average molecular weight is 1120 g/mol. The Labute approximate surface area is 461 Å². The summed E-state index contributed by atoms with van der Waals surface area (Å²) in [5.41, 5.74) is 7.74. The molecular formula is C58H56ClF3N8O8S. The number of imidazole rings is 2. The van der Waals surface area contributed by atoms with Gasteiger partial charge in [0.2, 0.25) is 0 Å². The lowest BCUT2D eigenvalue weighted by molar-refractivity contribution is -0.0592. The second kappa shape index (κ2) is 23.6. The van der Waals surface area contributed by atoms with Crippen molar-refractivity contribution in [3.05, 3.63) is 170 Å². The van der Waals surface area contributed by atoms with Crippen LogP contribution in [0.2, 0.25) is 5.02 Å². The fourth-order valence-corrected chi connectivity index (χ4v) is 11.1. The van der Waals surface area contributed by atoms with Gasteiger partial charge >= 0.3 is 11.9 Å². The van der Waals surface area contributed by atoms with Gasteiger partial charge in [0, 0.05) is 55.5 Å². The molecule has 0 amide bonds. The number of thiophene rings is 1. The number of aromatic amines is 1. The predicted molar refractivity (Wildman–Crippen MR) is 292 cm³/mol. The van der Waals surface area contributed by atoms with Gasteiger partial charge in [-0.2, -0.15) is 0 Å². The van der Waals surface area contributed by atoms with Crippen molar-refractivity contribution in [1.29, 1.82) is 0 Å². The molecule has 0 saturated carbocycles. The number of hydrogen-bond acceptors (Lipinski definition) is 12. The largest absolute Gasteiger partial charge is 0.489 e. The van der Waals surface area contributed by atoms with Crippen molar-refractivity contribution in [2.24, 2.45) is 0 Å². The molecule has 2 fully saturated rings. The molecule has 8 aromatic rings. The molecule has 0 radical (unpaired) electrons. The SMILES string of the molecule is Cc1ccc(COc2nc(C3=CCN(Cc4nc5cc(C(=O)O)sc5n4C[C@@H]4CCO4)CC3)ccc2F)c(F)c1.O=C(O)c1cc2c(nc(CN3CC=C(c4cccc(OCc5ccc(Cl)cc5F)c4)CC3)n2C[C@@H]2CCO2)[nH]1. The molecule has 16 nitrogen and oxygen atoms in total. The Morgan fingerprint density at radius 1 is 0.747 bits per heavy atom. The number of aromatic carboxylic acids is 2. The van der Waals surface area contributed by atoms with E-state index in [0.29, 0.717) is 77.9 Å². The monoisotopic (exact) mass is 1120 g/mol. The number of nitrogens with zero attached hydrogens (tertiary/aromatic N) is 7. The highest BCUT2D eigenvalue weighted by Crippen LogP contribution is 2.33. The molecule has 5 aromatic heterocycles. The maximum atomic E-state index is 14.4. The van der Waals surface area contributed by atoms with Gasteiger partial charge in [0.1, 0.15) is 63.2 Å². The van der Waals surface area contributed by atoms with E-state index in [2.05, 4.69) is 47.1 Å². The highest BCUT2D eigenvalue weighted by molar-refractivity contribution is 7.20. The average Bonchev–Trinajstić information content (AvgIpc) is 4.19. The van der Waals surface area contributed by atoms with Crippen molar-refractivity contribution >= 4 is 67.5 Å². The zero-order chi connectivity index (χ0) is 54.7. The topological polar surface area (TPSA) is 182 Å². The third kappa shape index (κ3) is 12.4. The number of nitrogens with one attached hydrogen (secondary N) is 1. The van der Waals surface area contributed by atoms with Gasteiger partial charge < -0.3 is 43.3 Å². The number of H-pyrrole nitrogens is 1. The minimum atomic E-state index is -0.999. The Balaban J connectivity index is 0.000000167. The summed E-state index contributed by atoms with van der Waals surface area (Å²) in [5, 5.41) is 19.1. The normalized spacial score (nSPS) is 17.6. The number of rotatable bonds is 18. The lowest BCUT2D eigenvalue weighted by Crippen LogP contribution is -2.33. The van der Waals surface area contributed by atoms with E-state index in [1.165, 1.54) is 35.1 Å². The molecule has 2 atom stereocenters. The number of ether oxygens (including phenoxy) is 4. The van der Waals surface area contributed by atoms with E-state index in [1.807, 2.05) is 18.2 Å². The molecule has 79 heavy (non-hydrogen) atoms. The number of halogens is 4. The van der Waals surface area contributed by atoms with E-state index in [0.717, 1.165) is 90.8 Å². The van der Waals surface area contributed by atoms with Gasteiger partial charge in [-0.15, -0.1) is 11.3 Å². The minimum absolute atomic E-state index is 0.114. The lowest BCUT2D eigenvalue weighted by Gasteiger charge is -2.29. The molecule has 0 spiro atoms. The minimum Gasteiger partial charge on any atom is -0.489 e. The Bertz CT molecular complexity index is 3640. The summed E-state index contributed by atoms with van der Waals surface area (Å²) in [4.78, 5) is 45.4. The number of carboxylic acids is 2. The Kier molecular flexibility index (Phi) is 16.0. The van der Waals surface area contributed by atoms with Crippen LogP contribution in [0.5, 0.6) is 11.6 Å². The van der Waals surface area contributed by atoms with Gasteiger partial charge in [-0.05, 0) is 109 Å². The van der Waals surface area contributed by atoms with Crippen LogP contribution in [-0.2, 0) is 48.9 Å². The van der Waals surface area contributed by atoms with Gasteiger partial charge in [-0.1, -0.05) is 54.1 Å². The van der Waals surface area contributed by atoms with Crippen molar-refractivity contribution < 1.29 is 51.9 Å². The van der Waals surface area contributed by atoms with Crippen LogP contribution in [0, 0.1) is 24.4 Å². The van der Waals surface area contributed by atoms with E-state index >= 15 is 0 Å². The van der Waals surface area contributed by atoms with Crippen molar-refractivity contribution in [3.8, 4) is 11.6 Å². The zero-order valence-corrected chi connectivity index (χ0v) is 44.7. The third-order valence-corrected chi connectivity index (χ3v) is 15.9. The second-order valence-electron chi connectivity index (χ2n) is 20.0. The van der Waals surface area contributed by atoms with Crippen LogP contribution in [0.3, 0.4) is 0 Å². The Morgan fingerprint density at radius 2 is 1.42 bits per heavy atom. The number of hydrogen-bond donors (Lipinski definition) is 3. The van der Waals surface area contributed by atoms with Crippen LogP contribution >= 0.6 is 22.9 Å². The molecule has 0 bridgehead atoms. The van der Waals surface area contributed by atoms with Crippen LogP contribution in [-0.4, -0.2) is 113 Å². The highest BCUT2D eigenvalue weighted by atomic mass is 35.5. The van der Waals surface area contributed by atoms with Crippen LogP contribution in [0.15, 0.2) is 97.1 Å². The molecule has 3 aromatic carbocycles. The number of carboxylic acid groups (broad SMARTS) is 2. The molecule has 410 valence electrons. The van der Waals surface area contributed by atoms with Crippen LogP contribution in [0.25, 0.3) is 32.7 Å². The molecule has 3 N–H and O–H groups in total. The standard InChI is InChI=1S/C29H28ClFN4O4.C29H28F2N4O4S/c30-21-5-4-20(24(31)13-21)17-39-22-3-1-2-19(12-22)18-6-9-34(10-7-18)16-27-33-28-26(14-25(32-28)29(36)37)35(27)15-23-8-11-38-23;1-17-2-3-19(22(31)12-17)16-39-27-21(30)4-5-23(33-27)18-6-9-34(10-7-18)15-26-32-24-13-25(29(36)37)40-28(24)35(26)14-20-8-11-38-20/h1-6,12-14,23,32H,7-11,15-17H2,(H,36,37);2-6,12-13,20H,7-11,14-16H2,1H3,(H,36,37)/t23-;20-/m00/s1. The van der Waals surface area contributed by atoms with E-state index in [4.69, 9.17) is 40.5 Å². The van der Waals surface area contributed by atoms with Gasteiger partial charge in [0.05, 0.1) is 49.6 Å². The summed E-state index contributed by atoms with van der Waals surface area (Å²) in [5.74, 6) is -1.01. The Hall–Kier alpha value is -7.33. The molecule has 0 unspecified atom stereocenters. The third-order valence-electron chi connectivity index (χ3n) is 14.6. The van der Waals surface area contributed by atoms with E-state index in [9.17, 15) is 33.0 Å². The molecule has 9 heterocycles. The zero-order valence-electron chi connectivity index (χ0n) is 43.1. The van der Waals surface area contributed by atoms with E-state index < -0.39 is 23.6 Å². The highest BCUT2D eigenvalue weighted by Gasteiger charge is 2.28. The number of carbonyl (C=O) groups is 2. The number of aromatic nitrogens is 6. The summed E-state index contributed by atoms with van der Waals surface area (Å²) < 4.78 is 69.6. The predicted octanol–water partition coefficient (Wildman–Crippen LogP) is 10.9. The summed E-state index contributed by atoms with van der Waals surface area (Å²) in [6.45, 7) is 8.89. The van der Waals surface area contributed by atoms with Crippen molar-refractivity contribution in [3.63, 3.8) is 0 Å². The lowest BCUT2D eigenvalue weighted by atomic mass is 9.99. The first-order valence-corrected chi connectivity index (χ1v) is 27.3. The first-order chi connectivity index (χ1) is 38.3. The fraction of sp³-hybridized carbons (Fsp3) is 0.328. The van der Waals surface area contributed by atoms with Gasteiger partial charge in [-0.3, -0.25) is 9.80 Å². The molecule has 12 rings (SSSR count). The molecule has 4 aliphatic heterocycles. The molecular weight excluding hydrogens is 1060 g/mol. The quantitative estimate of drug-likeness (QED) is 0.0739. The molecule has 21 heteroatoms. The fourth-order valence-electron chi connectivity index (χ4n) is 9.94. The van der Waals surface area contributed by atoms with Crippen molar-refractivity contribution in [2.75, 3.05) is 39.4 Å². The first kappa shape index (κ1) is 53.7. The maximum absolute atomic E-state index is 14.4. The number of aryl methyl sites for hydroxylation is 1. The van der Waals surface area contributed by atoms with E-state index in [1.54, 1.807) is 49.4 Å². The van der Waals surface area contributed by atoms with Crippen molar-refractivity contribution in [2.45, 2.75) is 84.2 Å². The summed E-state index contributed by atoms with van der Waals surface area (Å²) in [6.07, 6.45) is 8.06. The molecule has 4 aliphatic rings. The number of pyridine rings is 1. The van der Waals surface area contributed by atoms with Crippen LogP contribution in [0.1, 0.15) is 85.4 Å². The van der Waals surface area contributed by atoms with Crippen LogP contribution < -0.4 is 9.47 Å². The van der Waals surface area contributed by atoms with Crippen LogP contribution in [0.4, 0.5) is 13.2 Å². The van der Waals surface area contributed by atoms with Gasteiger partial charge in [-0.25, -0.2) is 37.7 Å². The number of fused-ring (bicyclic) bond motifs is 2. The van der Waals surface area contributed by atoms with Crippen molar-refractivity contribution in [1.82, 2.24) is 38.9 Å². The summed E-state index contributed by atoms with van der Waals surface area (Å²) in [7, 11) is 0. The Morgan fingerprint density at radius 3 is 2.06 bits per heavy atom. The molecule has 2 saturated heterocycles. The number of benzene rings is 3. The molecule has 0 aliphatic carbocycles. The summed E-state index contributed by atoms with van der Waals surface area (Å²) in [6, 6.07) is 23.5.